The molecule has 28 heavy (non-hydrogen) atoms. The lowest BCUT2D eigenvalue weighted by Crippen LogP contribution is -2.30. The molecule has 2 rings (SSSR count). The topological polar surface area (TPSA) is 116 Å². The number of ether oxygens (including phenoxy) is 1. The van der Waals surface area contributed by atoms with Crippen LogP contribution in [0.25, 0.3) is 6.08 Å². The highest BCUT2D eigenvalue weighted by Gasteiger charge is 2.13. The zero-order valence-electron chi connectivity index (χ0n) is 15.0. The lowest BCUT2D eigenvalue weighted by Gasteiger charge is -2.14. The van der Waals surface area contributed by atoms with Gasteiger partial charge in [0, 0.05) is 6.08 Å². The number of hydrogen-bond acceptors (Lipinski definition) is 5. The monoisotopic (exact) mass is 406 g/mol. The summed E-state index contributed by atoms with van der Waals surface area (Å²) in [5.41, 5.74) is 1.27. The second-order valence-corrected chi connectivity index (χ2v) is 7.46. The number of sulfonamides is 1. The highest BCUT2D eigenvalue weighted by atomic mass is 32.2. The zero-order valence-corrected chi connectivity index (χ0v) is 15.8. The Kier molecular flexibility index (Phi) is 7.02. The third kappa shape index (κ3) is 6.60. The van der Waals surface area contributed by atoms with E-state index in [4.69, 9.17) is 9.88 Å². The molecule has 0 aliphatic heterocycles. The van der Waals surface area contributed by atoms with Gasteiger partial charge in [-0.05, 0) is 48.4 Å². The molecule has 2 aromatic rings. The van der Waals surface area contributed by atoms with Crippen molar-refractivity contribution >= 4 is 28.0 Å². The largest absolute Gasteiger partial charge is 0.452 e. The number of primary sulfonamides is 1. The molecule has 1 amide bonds. The molecule has 0 aliphatic carbocycles. The molecular weight excluding hydrogens is 387 g/mol. The second kappa shape index (κ2) is 9.25. The van der Waals surface area contributed by atoms with Gasteiger partial charge < -0.3 is 10.1 Å². The van der Waals surface area contributed by atoms with Crippen LogP contribution in [0, 0.1) is 5.82 Å². The first kappa shape index (κ1) is 21.3. The molecule has 0 saturated carbocycles. The Hall–Kier alpha value is -3.04. The summed E-state index contributed by atoms with van der Waals surface area (Å²) in [4.78, 5) is 23.5. The summed E-state index contributed by atoms with van der Waals surface area (Å²) in [5.74, 6) is -1.62. The third-order valence-corrected chi connectivity index (χ3v) is 4.64. The van der Waals surface area contributed by atoms with Crippen molar-refractivity contribution < 1.29 is 27.1 Å². The number of carbonyl (C=O) groups excluding carboxylic acids is 2. The van der Waals surface area contributed by atoms with Gasteiger partial charge >= 0.3 is 5.97 Å². The van der Waals surface area contributed by atoms with Gasteiger partial charge in [-0.15, -0.1) is 0 Å². The maximum absolute atomic E-state index is 12.8. The summed E-state index contributed by atoms with van der Waals surface area (Å²) in [5, 5.41) is 7.66. The van der Waals surface area contributed by atoms with Crippen LogP contribution in [0.15, 0.2) is 59.5 Å². The molecule has 3 N–H and O–H groups in total. The minimum atomic E-state index is -3.78. The van der Waals surface area contributed by atoms with Gasteiger partial charge in [-0.3, -0.25) is 4.79 Å². The molecule has 0 unspecified atom stereocenters. The van der Waals surface area contributed by atoms with E-state index >= 15 is 0 Å². The molecule has 1 atom stereocenters. The molecule has 0 aliphatic rings. The van der Waals surface area contributed by atoms with E-state index in [9.17, 15) is 22.4 Å². The fourth-order valence-corrected chi connectivity index (χ4v) is 2.75. The Bertz CT molecular complexity index is 970. The Labute approximate surface area is 162 Å². The van der Waals surface area contributed by atoms with Crippen molar-refractivity contribution in [2.24, 2.45) is 5.14 Å². The van der Waals surface area contributed by atoms with E-state index < -0.39 is 34.5 Å². The van der Waals surface area contributed by atoms with Gasteiger partial charge in [0.15, 0.2) is 6.61 Å². The van der Waals surface area contributed by atoms with E-state index in [0.29, 0.717) is 11.1 Å². The third-order valence-electron chi connectivity index (χ3n) is 3.71. The first-order chi connectivity index (χ1) is 13.1. The van der Waals surface area contributed by atoms with E-state index in [0.717, 1.165) is 6.08 Å². The van der Waals surface area contributed by atoms with Gasteiger partial charge in [0.25, 0.3) is 5.91 Å². The number of esters is 1. The number of halogens is 1. The first-order valence-corrected chi connectivity index (χ1v) is 9.72. The fourth-order valence-electron chi connectivity index (χ4n) is 2.24. The van der Waals surface area contributed by atoms with Crippen molar-refractivity contribution in [2.75, 3.05) is 6.61 Å². The quantitative estimate of drug-likeness (QED) is 0.538. The molecule has 0 spiro atoms. The molecular formula is C19H19FN2O5S. The lowest BCUT2D eigenvalue weighted by molar-refractivity contribution is -0.144. The number of benzene rings is 2. The van der Waals surface area contributed by atoms with Gasteiger partial charge in [0.1, 0.15) is 5.82 Å². The molecule has 0 fully saturated rings. The van der Waals surface area contributed by atoms with Crippen molar-refractivity contribution in [1.29, 1.82) is 0 Å². The molecule has 0 heterocycles. The van der Waals surface area contributed by atoms with Gasteiger partial charge in [-0.2, -0.15) is 0 Å². The Morgan fingerprint density at radius 1 is 1.14 bits per heavy atom. The smallest absolute Gasteiger partial charge is 0.331 e. The second-order valence-electron chi connectivity index (χ2n) is 5.90. The van der Waals surface area contributed by atoms with E-state index in [2.05, 4.69) is 5.32 Å². The maximum Gasteiger partial charge on any atom is 0.331 e. The van der Waals surface area contributed by atoms with E-state index in [1.54, 1.807) is 6.92 Å². The molecule has 9 heteroatoms. The standard InChI is InChI=1S/C19H19FN2O5S/c1-13(15-5-9-17(10-6-15)28(21,25)26)22-18(23)12-27-19(24)11-4-14-2-7-16(20)8-3-14/h2-11,13H,12H2,1H3,(H,22,23)(H2,21,25,26)/b11-4+/t13-/m0/s1. The summed E-state index contributed by atoms with van der Waals surface area (Å²) in [6, 6.07) is 10.8. The lowest BCUT2D eigenvalue weighted by atomic mass is 10.1. The number of amides is 1. The molecule has 0 aromatic heterocycles. The summed E-state index contributed by atoms with van der Waals surface area (Å²) in [6.07, 6.45) is 2.57. The van der Waals surface area contributed by atoms with E-state index in [-0.39, 0.29) is 10.7 Å². The van der Waals surface area contributed by atoms with Crippen molar-refractivity contribution in [1.82, 2.24) is 5.32 Å². The fraction of sp³-hybridized carbons (Fsp3) is 0.158. The molecule has 2 aromatic carbocycles. The van der Waals surface area contributed by atoms with Crippen LogP contribution in [0.5, 0.6) is 0 Å². The number of carbonyl (C=O) groups is 2. The summed E-state index contributed by atoms with van der Waals surface area (Å²) in [6.45, 7) is 1.21. The summed E-state index contributed by atoms with van der Waals surface area (Å²) in [7, 11) is -3.78. The van der Waals surface area contributed by atoms with Crippen LogP contribution in [0.4, 0.5) is 4.39 Å². The molecule has 0 radical (unpaired) electrons. The van der Waals surface area contributed by atoms with Gasteiger partial charge in [0.05, 0.1) is 10.9 Å². The van der Waals surface area contributed by atoms with Crippen LogP contribution in [0.1, 0.15) is 24.1 Å². The van der Waals surface area contributed by atoms with Crippen LogP contribution in [-0.4, -0.2) is 26.9 Å². The van der Waals surface area contributed by atoms with Gasteiger partial charge in [-0.1, -0.05) is 24.3 Å². The van der Waals surface area contributed by atoms with Crippen molar-refractivity contribution in [3.63, 3.8) is 0 Å². The van der Waals surface area contributed by atoms with Crippen molar-refractivity contribution in [3.05, 3.63) is 71.6 Å². The number of hydrogen-bond donors (Lipinski definition) is 2. The summed E-state index contributed by atoms with van der Waals surface area (Å²) < 4.78 is 40.1. The van der Waals surface area contributed by atoms with Crippen molar-refractivity contribution in [2.45, 2.75) is 17.9 Å². The molecule has 0 bridgehead atoms. The number of nitrogens with one attached hydrogen (secondary N) is 1. The molecule has 7 nitrogen and oxygen atoms in total. The normalized spacial score (nSPS) is 12.5. The van der Waals surface area contributed by atoms with Gasteiger partial charge in [-0.25, -0.2) is 22.7 Å². The average Bonchev–Trinajstić information content (AvgIpc) is 2.65. The molecule has 148 valence electrons. The number of nitrogens with two attached hydrogens (primary N) is 1. The maximum atomic E-state index is 12.8. The Balaban J connectivity index is 1.82. The van der Waals surface area contributed by atoms with Crippen LogP contribution < -0.4 is 10.5 Å². The van der Waals surface area contributed by atoms with E-state index in [1.165, 1.54) is 54.6 Å². The average molecular weight is 406 g/mol. The van der Waals surface area contributed by atoms with Crippen LogP contribution in [0.2, 0.25) is 0 Å². The zero-order chi connectivity index (χ0) is 20.7. The minimum absolute atomic E-state index is 0.0309. The van der Waals surface area contributed by atoms with Crippen LogP contribution >= 0.6 is 0 Å². The van der Waals surface area contributed by atoms with Crippen LogP contribution in [0.3, 0.4) is 0 Å². The number of rotatable bonds is 7. The Morgan fingerprint density at radius 3 is 2.32 bits per heavy atom. The minimum Gasteiger partial charge on any atom is -0.452 e. The van der Waals surface area contributed by atoms with Gasteiger partial charge in [0.2, 0.25) is 10.0 Å². The van der Waals surface area contributed by atoms with Crippen molar-refractivity contribution in [3.8, 4) is 0 Å². The highest BCUT2D eigenvalue weighted by Crippen LogP contribution is 2.15. The molecule has 0 saturated heterocycles. The van der Waals surface area contributed by atoms with Crippen LogP contribution in [-0.2, 0) is 24.3 Å². The predicted octanol–water partition coefficient (Wildman–Crippen LogP) is 1.91. The highest BCUT2D eigenvalue weighted by molar-refractivity contribution is 7.89. The summed E-state index contributed by atoms with van der Waals surface area (Å²) >= 11 is 0. The first-order valence-electron chi connectivity index (χ1n) is 8.17. The van der Waals surface area contributed by atoms with E-state index in [1.807, 2.05) is 0 Å². The predicted molar refractivity (Wildman–Crippen MR) is 101 cm³/mol. The Morgan fingerprint density at radius 2 is 1.75 bits per heavy atom. The SMILES string of the molecule is C[C@H](NC(=O)COC(=O)/C=C/c1ccc(F)cc1)c1ccc(S(N)(=O)=O)cc1.